The highest BCUT2D eigenvalue weighted by Gasteiger charge is 2.36. The maximum absolute atomic E-state index is 13.7. The summed E-state index contributed by atoms with van der Waals surface area (Å²) in [6, 6.07) is 7.09. The Morgan fingerprint density at radius 1 is 1.09 bits per heavy atom. The zero-order chi connectivity index (χ0) is 24.5. The van der Waals surface area contributed by atoms with E-state index in [0.717, 1.165) is 37.8 Å². The summed E-state index contributed by atoms with van der Waals surface area (Å²) in [6.45, 7) is 6.81. The van der Waals surface area contributed by atoms with Crippen LogP contribution in [0, 0.1) is 6.92 Å². The van der Waals surface area contributed by atoms with Crippen LogP contribution < -0.4 is 21.3 Å². The maximum atomic E-state index is 13.7. The molecule has 1 fully saturated rings. The molecule has 0 bridgehead atoms. The molecular formula is C22H27F3N7OP. The topological polar surface area (TPSA) is 96.8 Å². The highest BCUT2D eigenvalue weighted by atomic mass is 31.2. The number of hydrogen-bond acceptors (Lipinski definition) is 7. The lowest BCUT2D eigenvalue weighted by molar-refractivity contribution is -0.137. The van der Waals surface area contributed by atoms with Crippen LogP contribution in [0.5, 0.6) is 0 Å². The van der Waals surface area contributed by atoms with Crippen molar-refractivity contribution in [2.75, 3.05) is 37.1 Å². The van der Waals surface area contributed by atoms with Gasteiger partial charge in [0, 0.05) is 11.5 Å². The third-order valence-electron chi connectivity index (χ3n) is 5.78. The third kappa shape index (κ3) is 5.26. The summed E-state index contributed by atoms with van der Waals surface area (Å²) in [6.07, 6.45) is -0.595. The minimum absolute atomic E-state index is 0.0419. The lowest BCUT2D eigenvalue weighted by Gasteiger charge is -2.24. The summed E-state index contributed by atoms with van der Waals surface area (Å²) in [5.41, 5.74) is 0.672. The number of piperidine rings is 1. The van der Waals surface area contributed by atoms with Gasteiger partial charge in [-0.15, -0.1) is 0 Å². The van der Waals surface area contributed by atoms with Crippen LogP contribution in [0.25, 0.3) is 0 Å². The first-order valence-electron chi connectivity index (χ1n) is 10.9. The largest absolute Gasteiger partial charge is 0.421 e. The van der Waals surface area contributed by atoms with Gasteiger partial charge in [-0.2, -0.15) is 23.3 Å². The van der Waals surface area contributed by atoms with E-state index >= 15 is 0 Å². The highest BCUT2D eigenvalue weighted by molar-refractivity contribution is 7.70. The summed E-state index contributed by atoms with van der Waals surface area (Å²) in [7, 11) is -2.64. The molecule has 12 heteroatoms. The number of halogens is 3. The van der Waals surface area contributed by atoms with Crippen molar-refractivity contribution in [1.29, 1.82) is 0 Å². The molecular weight excluding hydrogens is 466 g/mol. The second-order valence-electron chi connectivity index (χ2n) is 8.64. The lowest BCUT2D eigenvalue weighted by Crippen LogP contribution is -2.30. The number of aromatic nitrogens is 4. The van der Waals surface area contributed by atoms with Gasteiger partial charge in [-0.1, -0.05) is 12.1 Å². The van der Waals surface area contributed by atoms with Gasteiger partial charge in [-0.3, -0.25) is 4.68 Å². The first-order valence-corrected chi connectivity index (χ1v) is 13.5. The molecule has 0 spiro atoms. The van der Waals surface area contributed by atoms with E-state index in [1.807, 2.05) is 11.6 Å². The predicted molar refractivity (Wildman–Crippen MR) is 127 cm³/mol. The van der Waals surface area contributed by atoms with Gasteiger partial charge in [0.25, 0.3) is 0 Å². The minimum Gasteiger partial charge on any atom is -0.337 e. The standard InChI is InChI=1S/C22H27F3N7OP/c1-14-18(13-28-32(14)15-8-10-26-11-9-15)29-20-16(22(23,24)25)12-27-21(31-20)30-17-6-4-5-7-19(17)34(2,3)33/h4-7,12-13,15,26H,8-11H2,1-3H3,(H2,27,29,30,31). The summed E-state index contributed by atoms with van der Waals surface area (Å²) in [5, 5.41) is 14.0. The summed E-state index contributed by atoms with van der Waals surface area (Å²) in [5.74, 6) is -0.425. The van der Waals surface area contributed by atoms with E-state index in [1.54, 1.807) is 37.6 Å². The molecule has 3 aromatic rings. The van der Waals surface area contributed by atoms with E-state index in [9.17, 15) is 17.7 Å². The Morgan fingerprint density at radius 3 is 2.47 bits per heavy atom. The second kappa shape index (κ2) is 9.38. The molecule has 1 aromatic carbocycles. The van der Waals surface area contributed by atoms with Gasteiger partial charge < -0.3 is 20.5 Å². The normalized spacial score (nSPS) is 15.4. The minimum atomic E-state index is -4.65. The predicted octanol–water partition coefficient (Wildman–Crippen LogP) is 4.66. The van der Waals surface area contributed by atoms with Crippen LogP contribution >= 0.6 is 7.14 Å². The number of hydrogen-bond donors (Lipinski definition) is 3. The fourth-order valence-electron chi connectivity index (χ4n) is 4.01. The number of anilines is 4. The molecule has 0 unspecified atom stereocenters. The van der Waals surface area contributed by atoms with E-state index in [0.29, 0.717) is 16.7 Å². The Morgan fingerprint density at radius 2 is 1.79 bits per heavy atom. The molecule has 0 atom stereocenters. The summed E-state index contributed by atoms with van der Waals surface area (Å²) in [4.78, 5) is 7.99. The molecule has 0 amide bonds. The number of rotatable bonds is 6. The van der Waals surface area contributed by atoms with Gasteiger partial charge in [0.15, 0.2) is 0 Å². The van der Waals surface area contributed by atoms with Crippen molar-refractivity contribution >= 4 is 35.6 Å². The van der Waals surface area contributed by atoms with Crippen molar-refractivity contribution in [2.45, 2.75) is 32.0 Å². The molecule has 182 valence electrons. The Balaban J connectivity index is 1.67. The number of benzene rings is 1. The smallest absolute Gasteiger partial charge is 0.337 e. The van der Waals surface area contributed by atoms with Crippen LogP contribution in [0.15, 0.2) is 36.7 Å². The molecule has 4 rings (SSSR count). The van der Waals surface area contributed by atoms with E-state index < -0.39 is 18.9 Å². The summed E-state index contributed by atoms with van der Waals surface area (Å²) < 4.78 is 55.7. The SMILES string of the molecule is Cc1c(Nc2nc(Nc3ccccc3P(C)(C)=O)ncc2C(F)(F)F)cnn1C1CCNCC1. The van der Waals surface area contributed by atoms with Crippen LogP contribution in [-0.4, -0.2) is 46.2 Å². The van der Waals surface area contributed by atoms with E-state index in [-0.39, 0.29) is 17.8 Å². The monoisotopic (exact) mass is 493 g/mol. The molecule has 3 heterocycles. The zero-order valence-corrected chi connectivity index (χ0v) is 20.0. The number of nitrogens with zero attached hydrogens (tertiary/aromatic N) is 4. The van der Waals surface area contributed by atoms with Gasteiger partial charge in [0.05, 0.1) is 29.3 Å². The van der Waals surface area contributed by atoms with E-state index in [1.165, 1.54) is 6.20 Å². The van der Waals surface area contributed by atoms with Crippen LogP contribution in [0.2, 0.25) is 0 Å². The third-order valence-corrected chi connectivity index (χ3v) is 7.33. The van der Waals surface area contributed by atoms with Gasteiger partial charge >= 0.3 is 6.18 Å². The molecule has 0 saturated carbocycles. The van der Waals surface area contributed by atoms with Crippen molar-refractivity contribution in [1.82, 2.24) is 25.1 Å². The van der Waals surface area contributed by atoms with Gasteiger partial charge in [-0.05, 0) is 58.3 Å². The molecule has 1 aliphatic heterocycles. The van der Waals surface area contributed by atoms with Gasteiger partial charge in [-0.25, -0.2) is 4.98 Å². The quantitative estimate of drug-likeness (QED) is 0.430. The van der Waals surface area contributed by atoms with Crippen molar-refractivity contribution in [3.8, 4) is 0 Å². The van der Waals surface area contributed by atoms with Gasteiger partial charge in [0.1, 0.15) is 18.5 Å². The molecule has 1 aliphatic rings. The Bertz CT molecular complexity index is 1220. The average molecular weight is 493 g/mol. The van der Waals surface area contributed by atoms with E-state index in [2.05, 4.69) is 31.0 Å². The Labute approximate surface area is 195 Å². The summed E-state index contributed by atoms with van der Waals surface area (Å²) >= 11 is 0. The van der Waals surface area contributed by atoms with Crippen LogP contribution in [0.3, 0.4) is 0 Å². The molecule has 34 heavy (non-hydrogen) atoms. The fourth-order valence-corrected chi connectivity index (χ4v) is 5.16. The Kier molecular flexibility index (Phi) is 6.69. The molecule has 8 nitrogen and oxygen atoms in total. The first kappa shape index (κ1) is 24.2. The van der Waals surface area contributed by atoms with Crippen LogP contribution in [0.1, 0.15) is 30.1 Å². The highest BCUT2D eigenvalue weighted by Crippen LogP contribution is 2.39. The number of para-hydroxylation sites is 1. The van der Waals surface area contributed by atoms with Crippen molar-refractivity contribution < 1.29 is 17.7 Å². The molecule has 3 N–H and O–H groups in total. The van der Waals surface area contributed by atoms with Crippen molar-refractivity contribution in [3.63, 3.8) is 0 Å². The van der Waals surface area contributed by atoms with Crippen LogP contribution in [0.4, 0.5) is 36.3 Å². The Hall–Kier alpha value is -2.91. The van der Waals surface area contributed by atoms with Crippen LogP contribution in [-0.2, 0) is 10.7 Å². The average Bonchev–Trinajstić information content (AvgIpc) is 3.13. The lowest BCUT2D eigenvalue weighted by atomic mass is 10.1. The first-order chi connectivity index (χ1) is 16.0. The number of alkyl halides is 3. The second-order valence-corrected chi connectivity index (χ2v) is 11.8. The van der Waals surface area contributed by atoms with Crippen molar-refractivity contribution in [2.24, 2.45) is 0 Å². The molecule has 1 saturated heterocycles. The molecule has 0 aliphatic carbocycles. The van der Waals surface area contributed by atoms with Crippen molar-refractivity contribution in [3.05, 3.63) is 47.9 Å². The number of nitrogens with one attached hydrogen (secondary N) is 3. The fraction of sp³-hybridized carbons (Fsp3) is 0.409. The molecule has 2 aromatic heterocycles. The van der Waals surface area contributed by atoms with E-state index in [4.69, 9.17) is 0 Å². The molecule has 0 radical (unpaired) electrons. The van der Waals surface area contributed by atoms with Gasteiger partial charge in [0.2, 0.25) is 5.95 Å². The maximum Gasteiger partial charge on any atom is 0.421 e. The zero-order valence-electron chi connectivity index (χ0n) is 19.1.